The number of aliphatic hydroxyl groups is 6. The molecule has 0 saturated carbocycles. The van der Waals surface area contributed by atoms with E-state index in [0.29, 0.717) is 0 Å². The zero-order valence-electron chi connectivity index (χ0n) is 21.4. The van der Waals surface area contributed by atoms with Crippen molar-refractivity contribution in [2.45, 2.75) is 61.9 Å². The minimum atomic E-state index is -1.96. The van der Waals surface area contributed by atoms with E-state index in [1.807, 2.05) is 0 Å². The van der Waals surface area contributed by atoms with Crippen LogP contribution in [0, 0.1) is 0 Å². The van der Waals surface area contributed by atoms with Gasteiger partial charge in [-0.25, -0.2) is 0 Å². The standard InChI is InChI=1S/C26H28O16/c27-9-4-12(30)17-15(5-9)39-22(8-1-2-10(28)11(29)3-8)23(19(17)34)41-26-21(36)20(35)18(33)16(40-26)7-38-25-14(32)6-13(31)24(37)42-25/h1-5,13-14,16,18,20-21,24-33,35-37H,6-7H2/t13-,14?,16?,18-,20-,21?,24?,25-,26+/m1/s1. The molecule has 2 fully saturated rings. The van der Waals surface area contributed by atoms with Crippen LogP contribution in [0.4, 0.5) is 0 Å². The van der Waals surface area contributed by atoms with Crippen LogP contribution in [-0.2, 0) is 14.2 Å². The normalized spacial score (nSPS) is 31.7. The quantitative estimate of drug-likeness (QED) is 0.142. The first-order chi connectivity index (χ1) is 19.8. The molecule has 0 radical (unpaired) electrons. The Morgan fingerprint density at radius 2 is 1.52 bits per heavy atom. The van der Waals surface area contributed by atoms with Crippen molar-refractivity contribution in [3.8, 4) is 40.1 Å². The SMILES string of the molecule is O=c1c(O[C@@H]2OC(CO[C@@H]3OC(O)[C@H](O)CC3O)[C@@H](O)[C@@H](O)C2O)c(-c2ccc(O)c(O)c2)oc2cc(O)cc(O)c12. The van der Waals surface area contributed by atoms with E-state index in [2.05, 4.69) is 0 Å². The number of aliphatic hydroxyl groups excluding tert-OH is 6. The van der Waals surface area contributed by atoms with Crippen LogP contribution in [0.3, 0.4) is 0 Å². The summed E-state index contributed by atoms with van der Waals surface area (Å²) >= 11 is 0. The molecule has 16 nitrogen and oxygen atoms in total. The topological polar surface area (TPSA) is 269 Å². The lowest BCUT2D eigenvalue weighted by molar-refractivity contribution is -0.331. The van der Waals surface area contributed by atoms with Gasteiger partial charge in [0, 0.05) is 24.1 Å². The molecule has 2 aromatic carbocycles. The Morgan fingerprint density at radius 1 is 0.786 bits per heavy atom. The van der Waals surface area contributed by atoms with E-state index in [9.17, 15) is 55.9 Å². The molecule has 0 amide bonds. The molecule has 2 aliphatic heterocycles. The Labute approximate surface area is 235 Å². The highest BCUT2D eigenvalue weighted by Gasteiger charge is 2.47. The molecule has 228 valence electrons. The smallest absolute Gasteiger partial charge is 0.239 e. The zero-order valence-corrected chi connectivity index (χ0v) is 21.4. The maximum atomic E-state index is 13.5. The molecule has 0 bridgehead atoms. The van der Waals surface area contributed by atoms with E-state index in [0.717, 1.165) is 24.3 Å². The number of ether oxygens (including phenoxy) is 4. The number of hydrogen-bond donors (Lipinski definition) is 10. The Morgan fingerprint density at radius 3 is 2.24 bits per heavy atom. The van der Waals surface area contributed by atoms with Crippen molar-refractivity contribution in [2.24, 2.45) is 0 Å². The lowest BCUT2D eigenvalue weighted by Crippen LogP contribution is -2.61. The number of hydrogen-bond acceptors (Lipinski definition) is 16. The summed E-state index contributed by atoms with van der Waals surface area (Å²) in [6.07, 6.45) is -15.1. The lowest BCUT2D eigenvalue weighted by Gasteiger charge is -2.41. The maximum Gasteiger partial charge on any atom is 0.239 e. The van der Waals surface area contributed by atoms with Crippen molar-refractivity contribution in [1.82, 2.24) is 0 Å². The second-order valence-electron chi connectivity index (χ2n) is 9.86. The molecular formula is C26H28O16. The van der Waals surface area contributed by atoms with Crippen LogP contribution in [0.25, 0.3) is 22.3 Å². The van der Waals surface area contributed by atoms with Crippen molar-refractivity contribution in [1.29, 1.82) is 0 Å². The summed E-state index contributed by atoms with van der Waals surface area (Å²) in [5, 5.41) is 100. The molecule has 1 aromatic heterocycles. The molecule has 3 heterocycles. The predicted molar refractivity (Wildman–Crippen MR) is 135 cm³/mol. The van der Waals surface area contributed by atoms with E-state index < -0.39 is 107 Å². The van der Waals surface area contributed by atoms with Crippen LogP contribution in [-0.4, -0.2) is 113 Å². The van der Waals surface area contributed by atoms with Gasteiger partial charge in [-0.05, 0) is 18.2 Å². The average Bonchev–Trinajstić information content (AvgIpc) is 2.93. The lowest BCUT2D eigenvalue weighted by atomic mass is 9.99. The van der Waals surface area contributed by atoms with Gasteiger partial charge >= 0.3 is 0 Å². The molecule has 0 spiro atoms. The Balaban J connectivity index is 1.48. The summed E-state index contributed by atoms with van der Waals surface area (Å²) in [5.74, 6) is -3.33. The van der Waals surface area contributed by atoms with E-state index in [1.165, 1.54) is 6.07 Å². The minimum Gasteiger partial charge on any atom is -0.508 e. The van der Waals surface area contributed by atoms with Gasteiger partial charge in [0.1, 0.15) is 59.1 Å². The van der Waals surface area contributed by atoms with E-state index in [1.54, 1.807) is 0 Å². The van der Waals surface area contributed by atoms with E-state index in [4.69, 9.17) is 23.4 Å². The van der Waals surface area contributed by atoms with Gasteiger partial charge in [-0.1, -0.05) is 0 Å². The summed E-state index contributed by atoms with van der Waals surface area (Å²) in [7, 11) is 0. The molecule has 3 aromatic rings. The molecule has 9 atom stereocenters. The van der Waals surface area contributed by atoms with Gasteiger partial charge < -0.3 is 74.4 Å². The van der Waals surface area contributed by atoms with Gasteiger partial charge in [-0.3, -0.25) is 4.79 Å². The number of phenolic OH excluding ortho intramolecular Hbond substituents is 4. The maximum absolute atomic E-state index is 13.5. The molecule has 2 saturated heterocycles. The van der Waals surface area contributed by atoms with Crippen molar-refractivity contribution >= 4 is 11.0 Å². The number of aromatic hydroxyl groups is 4. The highest BCUT2D eigenvalue weighted by Crippen LogP contribution is 2.39. The summed E-state index contributed by atoms with van der Waals surface area (Å²) in [4.78, 5) is 13.5. The Bertz CT molecular complexity index is 1510. The zero-order chi connectivity index (χ0) is 30.5. The molecule has 16 heteroatoms. The second-order valence-corrected chi connectivity index (χ2v) is 9.86. The van der Waals surface area contributed by atoms with Crippen molar-refractivity contribution < 1.29 is 74.4 Å². The average molecular weight is 596 g/mol. The van der Waals surface area contributed by atoms with Gasteiger partial charge in [-0.15, -0.1) is 0 Å². The molecule has 4 unspecified atom stereocenters. The fourth-order valence-electron chi connectivity index (χ4n) is 4.63. The van der Waals surface area contributed by atoms with Crippen molar-refractivity contribution in [2.75, 3.05) is 6.61 Å². The van der Waals surface area contributed by atoms with Crippen LogP contribution >= 0.6 is 0 Å². The number of phenols is 4. The van der Waals surface area contributed by atoms with Crippen molar-refractivity contribution in [3.05, 3.63) is 40.6 Å². The molecular weight excluding hydrogens is 568 g/mol. The van der Waals surface area contributed by atoms with E-state index >= 15 is 0 Å². The van der Waals surface area contributed by atoms with Gasteiger partial charge in [0.15, 0.2) is 29.8 Å². The molecule has 42 heavy (non-hydrogen) atoms. The molecule has 10 N–H and O–H groups in total. The largest absolute Gasteiger partial charge is 0.508 e. The van der Waals surface area contributed by atoms with Crippen LogP contribution < -0.4 is 10.2 Å². The summed E-state index contributed by atoms with van der Waals surface area (Å²) in [5.41, 5.74) is -1.35. The third-order valence-corrected chi connectivity index (χ3v) is 6.88. The highest BCUT2D eigenvalue weighted by molar-refractivity contribution is 5.88. The number of rotatable bonds is 6. The first-order valence-electron chi connectivity index (χ1n) is 12.6. The van der Waals surface area contributed by atoms with Crippen LogP contribution in [0.5, 0.6) is 28.7 Å². The van der Waals surface area contributed by atoms with Crippen LogP contribution in [0.1, 0.15) is 6.42 Å². The number of fused-ring (bicyclic) bond motifs is 1. The summed E-state index contributed by atoms with van der Waals surface area (Å²) < 4.78 is 27.3. The third kappa shape index (κ3) is 5.54. The molecule has 0 aliphatic carbocycles. The first-order valence-corrected chi connectivity index (χ1v) is 12.6. The molecule has 5 rings (SSSR count). The fourth-order valence-corrected chi connectivity index (χ4v) is 4.63. The number of benzene rings is 2. The fraction of sp³-hybridized carbons (Fsp3) is 0.423. The first kappa shape index (κ1) is 29.8. The van der Waals surface area contributed by atoms with Crippen LogP contribution in [0.2, 0.25) is 0 Å². The summed E-state index contributed by atoms with van der Waals surface area (Å²) in [6, 6.07) is 5.23. The minimum absolute atomic E-state index is 0.0305. The second kappa shape index (κ2) is 11.5. The molecule has 2 aliphatic rings. The van der Waals surface area contributed by atoms with E-state index in [-0.39, 0.29) is 17.6 Å². The van der Waals surface area contributed by atoms with Gasteiger partial charge in [0.2, 0.25) is 17.5 Å². The predicted octanol–water partition coefficient (Wildman–Crippen LogP) is -1.73. The Kier molecular flexibility index (Phi) is 8.17. The monoisotopic (exact) mass is 596 g/mol. The van der Waals surface area contributed by atoms with Gasteiger partial charge in [0.25, 0.3) is 0 Å². The van der Waals surface area contributed by atoms with Gasteiger partial charge in [-0.2, -0.15) is 0 Å². The summed E-state index contributed by atoms with van der Waals surface area (Å²) in [6.45, 7) is -0.597. The van der Waals surface area contributed by atoms with Gasteiger partial charge in [0.05, 0.1) is 6.61 Å². The third-order valence-electron chi connectivity index (χ3n) is 6.88. The van der Waals surface area contributed by atoms with Crippen molar-refractivity contribution in [3.63, 3.8) is 0 Å². The Hall–Kier alpha value is -3.71. The highest BCUT2D eigenvalue weighted by atomic mass is 16.8. The van der Waals surface area contributed by atoms with Crippen LogP contribution in [0.15, 0.2) is 39.5 Å².